The van der Waals surface area contributed by atoms with Gasteiger partial charge < -0.3 is 0 Å². The predicted molar refractivity (Wildman–Crippen MR) is 58.9 cm³/mol. The van der Waals surface area contributed by atoms with Gasteiger partial charge in [-0.25, -0.2) is 0 Å². The maximum atomic E-state index is 12.1. The third kappa shape index (κ3) is 1.32. The molecule has 16 heavy (non-hydrogen) atoms. The van der Waals surface area contributed by atoms with E-state index in [4.69, 9.17) is 5.11 Å². The molecule has 0 spiro atoms. The molecule has 1 aromatic heterocycles. The van der Waals surface area contributed by atoms with E-state index in [1.165, 1.54) is 0 Å². The predicted octanol–water partition coefficient (Wildman–Crippen LogP) is 1.57. The van der Waals surface area contributed by atoms with Crippen LogP contribution in [0.3, 0.4) is 0 Å². The fourth-order valence-corrected chi connectivity index (χ4v) is 4.90. The van der Waals surface area contributed by atoms with Crippen molar-refractivity contribution in [3.63, 3.8) is 0 Å². The van der Waals surface area contributed by atoms with Crippen LogP contribution in [0.4, 0.5) is 0 Å². The molecular formula is C11H14NO3Se. The third-order valence-corrected chi connectivity index (χ3v) is 6.19. The second-order valence-electron chi connectivity index (χ2n) is 5.07. The van der Waals surface area contributed by atoms with E-state index in [0.29, 0.717) is 4.44 Å². The minimum absolute atomic E-state index is 0.221. The zero-order chi connectivity index (χ0) is 12.3. The second kappa shape index (κ2) is 3.20. The van der Waals surface area contributed by atoms with Gasteiger partial charge in [-0.15, -0.1) is 0 Å². The molecule has 0 fully saturated rings. The molecule has 0 atom stereocenters. The van der Waals surface area contributed by atoms with E-state index in [-0.39, 0.29) is 14.5 Å². The van der Waals surface area contributed by atoms with E-state index in [1.54, 1.807) is 6.07 Å². The monoisotopic (exact) mass is 288 g/mol. The molecule has 0 unspecified atom stereocenters. The molecule has 0 saturated carbocycles. The molecule has 0 bridgehead atoms. The van der Waals surface area contributed by atoms with Crippen LogP contribution in [0.1, 0.15) is 46.9 Å². The van der Waals surface area contributed by atoms with Gasteiger partial charge in [-0.1, -0.05) is 0 Å². The number of hydroxylamine groups is 2. The van der Waals surface area contributed by atoms with E-state index >= 15 is 0 Å². The summed E-state index contributed by atoms with van der Waals surface area (Å²) >= 11 is -0.221. The average molecular weight is 287 g/mol. The Morgan fingerprint density at radius 2 is 1.88 bits per heavy atom. The van der Waals surface area contributed by atoms with Gasteiger partial charge in [0.1, 0.15) is 0 Å². The molecule has 2 heterocycles. The first kappa shape index (κ1) is 11.9. The van der Waals surface area contributed by atoms with Crippen molar-refractivity contribution < 1.29 is 15.1 Å². The molecule has 1 aliphatic heterocycles. The van der Waals surface area contributed by atoms with Crippen molar-refractivity contribution in [3.8, 4) is 0 Å². The van der Waals surface area contributed by atoms with Crippen molar-refractivity contribution in [1.29, 1.82) is 0 Å². The number of carboxylic acids is 1. The Bertz CT molecular complexity index is 428. The van der Waals surface area contributed by atoms with Crippen molar-refractivity contribution in [3.05, 3.63) is 20.5 Å². The van der Waals surface area contributed by atoms with Gasteiger partial charge in [0.15, 0.2) is 0 Å². The van der Waals surface area contributed by atoms with Crippen molar-refractivity contribution >= 4 is 20.5 Å². The number of aromatic carboxylic acids is 1. The summed E-state index contributed by atoms with van der Waals surface area (Å²) in [6, 6.07) is 1.69. The summed E-state index contributed by atoms with van der Waals surface area (Å²) in [5.74, 6) is -0.863. The average Bonchev–Trinajstić information content (AvgIpc) is 2.65. The topological polar surface area (TPSA) is 60.4 Å². The van der Waals surface area contributed by atoms with Crippen molar-refractivity contribution in [1.82, 2.24) is 5.06 Å². The zero-order valence-electron chi connectivity index (χ0n) is 9.70. The van der Waals surface area contributed by atoms with Crippen LogP contribution >= 0.6 is 0 Å². The number of fused-ring (bicyclic) bond motifs is 1. The summed E-state index contributed by atoms with van der Waals surface area (Å²) < 4.78 is 1.46. The number of hydrogen-bond acceptors (Lipinski definition) is 2. The van der Waals surface area contributed by atoms with Gasteiger partial charge in [0.2, 0.25) is 0 Å². The Morgan fingerprint density at radius 3 is 2.31 bits per heavy atom. The Hall–Kier alpha value is -0.611. The van der Waals surface area contributed by atoms with Crippen LogP contribution in [0, 0.1) is 0 Å². The molecular weight excluding hydrogens is 273 g/mol. The first-order valence-electron chi connectivity index (χ1n) is 5.04. The molecule has 87 valence electrons. The van der Waals surface area contributed by atoms with Gasteiger partial charge in [-0.3, -0.25) is 0 Å². The molecule has 1 aliphatic rings. The van der Waals surface area contributed by atoms with E-state index in [2.05, 4.69) is 0 Å². The summed E-state index contributed by atoms with van der Waals surface area (Å²) in [6.07, 6.45) is 0. The van der Waals surface area contributed by atoms with E-state index < -0.39 is 17.0 Å². The minimum atomic E-state index is -0.863. The summed E-state index contributed by atoms with van der Waals surface area (Å²) in [6.45, 7) is 7.43. The third-order valence-electron chi connectivity index (χ3n) is 3.17. The quantitative estimate of drug-likeness (QED) is 0.798. The van der Waals surface area contributed by atoms with E-state index in [1.807, 2.05) is 27.7 Å². The number of rotatable bonds is 1. The van der Waals surface area contributed by atoms with Crippen molar-refractivity contribution in [2.75, 3.05) is 0 Å². The molecule has 4 nitrogen and oxygen atoms in total. The van der Waals surface area contributed by atoms with Crippen molar-refractivity contribution in [2.24, 2.45) is 0 Å². The number of hydrogen-bond donors (Lipinski definition) is 1. The van der Waals surface area contributed by atoms with Gasteiger partial charge >= 0.3 is 99.9 Å². The summed E-state index contributed by atoms with van der Waals surface area (Å²) in [4.78, 5) is 11.0. The first-order chi connectivity index (χ1) is 7.19. The molecule has 1 N–H and O–H groups in total. The molecule has 1 aromatic rings. The van der Waals surface area contributed by atoms with Crippen LogP contribution in [0.15, 0.2) is 6.07 Å². The van der Waals surface area contributed by atoms with Crippen LogP contribution in [-0.2, 0) is 16.3 Å². The van der Waals surface area contributed by atoms with Gasteiger partial charge in [-0.2, -0.15) is 0 Å². The summed E-state index contributed by atoms with van der Waals surface area (Å²) in [5.41, 5.74) is -0.283. The van der Waals surface area contributed by atoms with Gasteiger partial charge in [0.05, 0.1) is 0 Å². The molecule has 2 rings (SSSR count). The first-order valence-corrected chi connectivity index (χ1v) is 6.76. The molecule has 0 aromatic carbocycles. The van der Waals surface area contributed by atoms with Crippen LogP contribution in [0.2, 0.25) is 0 Å². The Balaban J connectivity index is 2.64. The standard InChI is InChI=1S/C11H14NO3Se/c1-10(2)6-5-7(9(13)14)16-8(6)11(3,4)12(10)15/h5H,1-4H3,(H,13,14). The van der Waals surface area contributed by atoms with Crippen LogP contribution in [0.5, 0.6) is 0 Å². The fourth-order valence-electron chi connectivity index (χ4n) is 2.31. The molecule has 0 aliphatic carbocycles. The number of nitrogens with zero attached hydrogens (tertiary/aromatic N) is 1. The molecule has 0 amide bonds. The SMILES string of the molecule is CC1(C)c2cc(C(=O)O)[se]c2C(C)(C)N1[O]. The second-order valence-corrected chi connectivity index (χ2v) is 7.28. The van der Waals surface area contributed by atoms with Gasteiger partial charge in [0.25, 0.3) is 0 Å². The Kier molecular flexibility index (Phi) is 2.37. The fraction of sp³-hybridized carbons (Fsp3) is 0.545. The van der Waals surface area contributed by atoms with E-state index in [9.17, 15) is 10.0 Å². The Labute approximate surface area is 100 Å². The summed E-state index contributed by atoms with van der Waals surface area (Å²) in [5, 5.41) is 22.2. The van der Waals surface area contributed by atoms with Crippen LogP contribution < -0.4 is 0 Å². The number of carboxylic acid groups (broad SMARTS) is 1. The molecule has 5 heteroatoms. The summed E-state index contributed by atoms with van der Waals surface area (Å²) in [7, 11) is 0. The molecule has 0 saturated heterocycles. The zero-order valence-corrected chi connectivity index (χ0v) is 11.4. The Morgan fingerprint density at radius 1 is 1.31 bits per heavy atom. The van der Waals surface area contributed by atoms with Crippen LogP contribution in [-0.4, -0.2) is 30.6 Å². The molecule has 1 radical (unpaired) electrons. The van der Waals surface area contributed by atoms with Gasteiger partial charge in [0, 0.05) is 0 Å². The number of carbonyl (C=O) groups is 1. The van der Waals surface area contributed by atoms with Crippen LogP contribution in [0.25, 0.3) is 0 Å². The van der Waals surface area contributed by atoms with Gasteiger partial charge in [-0.05, 0) is 0 Å². The maximum absolute atomic E-state index is 12.1. The van der Waals surface area contributed by atoms with Crippen molar-refractivity contribution in [2.45, 2.75) is 38.8 Å². The van der Waals surface area contributed by atoms with E-state index in [0.717, 1.165) is 15.1 Å². The normalized spacial score (nSPS) is 22.1.